The minimum atomic E-state index is -1.24. The normalized spacial score (nSPS) is 16.3. The summed E-state index contributed by atoms with van der Waals surface area (Å²) in [6.07, 6.45) is 0.591. The smallest absolute Gasteiger partial charge is 0.325 e. The van der Waals surface area contributed by atoms with E-state index in [4.69, 9.17) is 15.6 Å². The van der Waals surface area contributed by atoms with Crippen LogP contribution >= 0.6 is 0 Å². The highest BCUT2D eigenvalue weighted by Gasteiger charge is 2.39. The molecule has 94 heavy (non-hydrogen) atoms. The molecule has 0 saturated carbocycles. The van der Waals surface area contributed by atoms with Gasteiger partial charge in [0.25, 0.3) is 0 Å². The topological polar surface area (TPSA) is 308 Å². The van der Waals surface area contributed by atoms with Gasteiger partial charge in [-0.05, 0) is 81.2 Å². The Bertz CT molecular complexity index is 3970. The largest absolute Gasteiger partial charge is 0.481 e. The number of esters is 2. The molecule has 10 rings (SSSR count). The van der Waals surface area contributed by atoms with Crippen LogP contribution in [0, 0.1) is 0 Å². The molecule has 3 aliphatic heterocycles. The zero-order valence-corrected chi connectivity index (χ0v) is 52.9. The monoisotopic (exact) mass is 1280 g/mol. The molecule has 1 unspecified atom stereocenters. The number of nitrogens with zero attached hydrogens (tertiary/aromatic N) is 6. The number of aliphatic carboxylic acids is 1. The first-order valence-corrected chi connectivity index (χ1v) is 30.7. The van der Waals surface area contributed by atoms with Gasteiger partial charge in [0.2, 0.25) is 41.4 Å². The minimum absolute atomic E-state index is 0.0597. The molecule has 24 nitrogen and oxygen atoms in total. The fourth-order valence-electron chi connectivity index (χ4n) is 11.1. The van der Waals surface area contributed by atoms with Gasteiger partial charge in [0.15, 0.2) is 0 Å². The number of anilines is 6. The van der Waals surface area contributed by atoms with Crippen molar-refractivity contribution in [2.24, 2.45) is 5.73 Å². The number of hydrogen-bond acceptors (Lipinski definition) is 16. The minimum Gasteiger partial charge on any atom is -0.481 e. The van der Waals surface area contributed by atoms with Gasteiger partial charge in [-0.15, -0.1) is 0 Å². The lowest BCUT2D eigenvalue weighted by molar-refractivity contribution is -0.140. The molecule has 7 aromatic rings. The van der Waals surface area contributed by atoms with Crippen LogP contribution in [-0.2, 0) is 75.3 Å². The Morgan fingerprint density at radius 3 is 1.22 bits per heavy atom. The quantitative estimate of drug-likeness (QED) is 0.0473. The maximum atomic E-state index is 13.8. The number of benzene rings is 7. The maximum Gasteiger partial charge on any atom is 0.325 e. The second-order valence-corrected chi connectivity index (χ2v) is 22.2. The zero-order chi connectivity index (χ0) is 67.6. The molecule has 4 atom stereocenters. The first-order valence-electron chi connectivity index (χ1n) is 30.7. The highest BCUT2D eigenvalue weighted by Crippen LogP contribution is 2.36. The number of nitrogens with one attached hydrogen (secondary N) is 3. The summed E-state index contributed by atoms with van der Waals surface area (Å²) < 4.78 is 9.46. The summed E-state index contributed by atoms with van der Waals surface area (Å²) in [5.74, 6) is -4.53. The number of carbonyl (C=O) groups is 11. The highest BCUT2D eigenvalue weighted by atomic mass is 16.5. The number of aldehydes is 1. The zero-order valence-electron chi connectivity index (χ0n) is 52.9. The van der Waals surface area contributed by atoms with E-state index >= 15 is 0 Å². The molecular formula is C70H76N10O14. The summed E-state index contributed by atoms with van der Waals surface area (Å²) in [5.41, 5.74) is 10.9. The Kier molecular flexibility index (Phi) is 24.0. The lowest BCUT2D eigenvalue weighted by Gasteiger charge is -2.25. The summed E-state index contributed by atoms with van der Waals surface area (Å²) in [5, 5.41) is 22.4. The van der Waals surface area contributed by atoms with Crippen molar-refractivity contribution in [2.75, 3.05) is 82.9 Å². The average molecular weight is 1280 g/mol. The summed E-state index contributed by atoms with van der Waals surface area (Å²) in [6.45, 7) is 5.46. The van der Waals surface area contributed by atoms with Crippen molar-refractivity contribution < 1.29 is 67.3 Å². The van der Waals surface area contributed by atoms with Crippen molar-refractivity contribution in [3.63, 3.8) is 0 Å². The van der Waals surface area contributed by atoms with E-state index in [-0.39, 0.29) is 62.8 Å². The molecule has 7 aromatic carbocycles. The molecule has 0 aliphatic carbocycles. The molecule has 0 spiro atoms. The number of para-hydroxylation sites is 6. The van der Waals surface area contributed by atoms with Crippen molar-refractivity contribution in [1.29, 1.82) is 0 Å². The first kappa shape index (κ1) is 69.2. The lowest BCUT2D eigenvalue weighted by atomic mass is 10.1. The average Bonchev–Trinajstić information content (AvgIpc) is 1.66. The number of nitrogens with two attached hydrogens (primary N) is 1. The molecule has 0 radical (unpaired) electrons. The third-order valence-corrected chi connectivity index (χ3v) is 16.0. The predicted molar refractivity (Wildman–Crippen MR) is 356 cm³/mol. The van der Waals surface area contributed by atoms with E-state index in [1.54, 1.807) is 97.3 Å². The molecule has 7 amide bonds. The fraction of sp³-hybridized carbons (Fsp3) is 0.300. The van der Waals surface area contributed by atoms with Crippen LogP contribution in [-0.4, -0.2) is 148 Å². The molecule has 3 aliphatic rings. The van der Waals surface area contributed by atoms with E-state index in [1.165, 1.54) is 33.8 Å². The standard InChI is InChI=1S/C29H30N4O6.C26H27N3O4.C15H19N3O4/c1-2-27(36)32-16-23(30-15-19-11-12-20-7-3-4-8-21(20)13-19)29(39)33(25-10-6-5-9-24(25)32)17-26(35)31-22(18-34)14-28(37)38;1-3-24(30)28-16-21(27-15-18-12-13-19-8-4-5-9-20(19)14-18)26(32)29(17-25(31)33-2)23-11-7-6-10-22(23)28;1-3-13(19)17-8-10(16)15(21)18(9-14(20)22-2)12-7-5-4-6-11(12)17/h3-13,18,22-23,30H,2,14-17H2,1H3,(H,31,35)(H,37,38);4-14,21,27H,3,15-17H2,1-2H3;4-7,10H,3,8-9,16H2,1-2H3/t22?,23-;21-;10-/m000/s1. The molecule has 3 heterocycles. The Labute approximate surface area is 543 Å². The van der Waals surface area contributed by atoms with E-state index in [0.29, 0.717) is 66.3 Å². The molecule has 490 valence electrons. The summed E-state index contributed by atoms with van der Waals surface area (Å²) in [4.78, 5) is 145. The number of fused-ring (bicyclic) bond motifs is 5. The number of carboxylic acid groups (broad SMARTS) is 1. The van der Waals surface area contributed by atoms with Crippen molar-refractivity contribution in [3.05, 3.63) is 169 Å². The number of carbonyl (C=O) groups excluding carboxylic acids is 10. The van der Waals surface area contributed by atoms with Crippen LogP contribution in [0.15, 0.2) is 158 Å². The van der Waals surface area contributed by atoms with Crippen molar-refractivity contribution in [1.82, 2.24) is 16.0 Å². The third kappa shape index (κ3) is 16.9. The van der Waals surface area contributed by atoms with E-state index in [1.807, 2.05) is 78.9 Å². The van der Waals surface area contributed by atoms with Gasteiger partial charge in [-0.25, -0.2) is 0 Å². The molecule has 0 bridgehead atoms. The number of amides is 7. The van der Waals surface area contributed by atoms with Crippen molar-refractivity contribution in [2.45, 2.75) is 83.7 Å². The van der Waals surface area contributed by atoms with Crippen LogP contribution in [0.2, 0.25) is 0 Å². The van der Waals surface area contributed by atoms with Gasteiger partial charge in [0, 0.05) is 32.4 Å². The Morgan fingerprint density at radius 1 is 0.500 bits per heavy atom. The van der Waals surface area contributed by atoms with Gasteiger partial charge in [-0.1, -0.05) is 130 Å². The van der Waals surface area contributed by atoms with Crippen LogP contribution < -0.4 is 51.1 Å². The Balaban J connectivity index is 0.000000188. The molecule has 6 N–H and O–H groups in total. The molecule has 24 heteroatoms. The van der Waals surface area contributed by atoms with Gasteiger partial charge in [0.05, 0.1) is 80.4 Å². The number of rotatable bonds is 19. The SMILES string of the molecule is CCC(=O)N1C[C@H](N)C(=O)N(CC(=O)OC)c2ccccc21.CCC(=O)N1C[C@H](NCc2ccc3ccccc3c2)C(=O)N(CC(=O)NC(C=O)CC(=O)O)c2ccccc21.CCC(=O)N1C[C@H](NCc2ccc3ccccc3c2)C(=O)N(CC(=O)OC)c2ccccc21. The summed E-state index contributed by atoms with van der Waals surface area (Å²) >= 11 is 0. The predicted octanol–water partition coefficient (Wildman–Crippen LogP) is 5.78. The Morgan fingerprint density at radius 2 is 0.851 bits per heavy atom. The molecule has 0 saturated heterocycles. The van der Waals surface area contributed by atoms with Gasteiger partial charge >= 0.3 is 17.9 Å². The van der Waals surface area contributed by atoms with Crippen LogP contribution in [0.4, 0.5) is 34.1 Å². The summed E-state index contributed by atoms with van der Waals surface area (Å²) in [6, 6.07) is 45.4. The number of ether oxygens (including phenoxy) is 2. The highest BCUT2D eigenvalue weighted by molar-refractivity contribution is 6.12. The van der Waals surface area contributed by atoms with Crippen LogP contribution in [0.3, 0.4) is 0 Å². The lowest BCUT2D eigenvalue weighted by Crippen LogP contribution is -2.53. The molecular weight excluding hydrogens is 1200 g/mol. The van der Waals surface area contributed by atoms with Gasteiger partial charge < -0.3 is 55.8 Å². The Hall–Kier alpha value is -10.7. The number of hydrogen-bond donors (Lipinski definition) is 5. The molecule has 0 fully saturated rings. The van der Waals surface area contributed by atoms with Crippen molar-refractivity contribution >= 4 is 121 Å². The van der Waals surface area contributed by atoms with Crippen LogP contribution in [0.5, 0.6) is 0 Å². The second kappa shape index (κ2) is 32.5. The van der Waals surface area contributed by atoms with Gasteiger partial charge in [-0.2, -0.15) is 0 Å². The second-order valence-electron chi connectivity index (χ2n) is 22.2. The van der Waals surface area contributed by atoms with Crippen molar-refractivity contribution in [3.8, 4) is 0 Å². The first-order chi connectivity index (χ1) is 45.3. The number of methoxy groups -OCH3 is 2. The third-order valence-electron chi connectivity index (χ3n) is 16.0. The van der Waals surface area contributed by atoms with E-state index in [9.17, 15) is 52.7 Å². The number of carboxylic acids is 1. The van der Waals surface area contributed by atoms with E-state index < -0.39 is 72.8 Å². The molecule has 0 aromatic heterocycles. The fourth-order valence-corrected chi connectivity index (χ4v) is 11.1. The van der Waals surface area contributed by atoms with E-state index in [0.717, 1.165) is 32.7 Å². The van der Waals surface area contributed by atoms with Gasteiger partial charge in [0.1, 0.15) is 44.0 Å². The van der Waals surface area contributed by atoms with E-state index in [2.05, 4.69) is 32.8 Å². The van der Waals surface area contributed by atoms with Crippen LogP contribution in [0.25, 0.3) is 21.5 Å². The van der Waals surface area contributed by atoms with Gasteiger partial charge in [-0.3, -0.25) is 62.6 Å². The maximum absolute atomic E-state index is 13.8. The summed E-state index contributed by atoms with van der Waals surface area (Å²) in [7, 11) is 2.54. The van der Waals surface area contributed by atoms with Crippen LogP contribution in [0.1, 0.15) is 57.6 Å².